The molecular weight excluding hydrogens is 543 g/mol. The van der Waals surface area contributed by atoms with Gasteiger partial charge in [0, 0.05) is 28.7 Å². The lowest BCUT2D eigenvalue weighted by atomic mass is 9.69. The summed E-state index contributed by atoms with van der Waals surface area (Å²) < 4.78 is 23.9. The number of Topliss-reactive ketones (excluding diaryl/α,β-unsaturated/α-hetero) is 1. The van der Waals surface area contributed by atoms with E-state index in [-0.39, 0.29) is 18.6 Å². The average Bonchev–Trinajstić information content (AvgIpc) is 2.91. The number of benzene rings is 2. The van der Waals surface area contributed by atoms with Crippen molar-refractivity contribution < 1.29 is 23.5 Å². The van der Waals surface area contributed by atoms with Crippen molar-refractivity contribution in [1.82, 2.24) is 0 Å². The Hall–Kier alpha value is -2.93. The molecule has 0 aliphatic heterocycles. The number of amides is 2. The Morgan fingerprint density at radius 2 is 1.44 bits per heavy atom. The normalized spacial score (nSPS) is 14.6. The minimum absolute atomic E-state index is 0.0303. The zero-order valence-corrected chi connectivity index (χ0v) is 26.7. The summed E-state index contributed by atoms with van der Waals surface area (Å²) in [6.45, 7) is 16.9. The third-order valence-corrected chi connectivity index (χ3v) is 8.43. The molecule has 3 N–H and O–H groups in total. The molecule has 2 aromatic carbocycles. The second-order valence-electron chi connectivity index (χ2n) is 12.9. The lowest BCUT2D eigenvalue weighted by molar-refractivity contribution is -0.147. The van der Waals surface area contributed by atoms with E-state index < -0.39 is 44.9 Å². The Labute approximate surface area is 249 Å². The van der Waals surface area contributed by atoms with Gasteiger partial charge in [0.1, 0.15) is 11.1 Å². The van der Waals surface area contributed by atoms with Gasteiger partial charge in [-0.2, -0.15) is 0 Å². The van der Waals surface area contributed by atoms with Gasteiger partial charge in [-0.05, 0) is 47.4 Å². The van der Waals surface area contributed by atoms with Gasteiger partial charge in [0.2, 0.25) is 5.91 Å². The number of ether oxygens (including phenoxy) is 1. The number of primary amides is 1. The molecule has 226 valence electrons. The Bertz CT molecular complexity index is 1250. The maximum absolute atomic E-state index is 17.8. The maximum Gasteiger partial charge on any atom is 0.274 e. The van der Waals surface area contributed by atoms with Gasteiger partial charge in [0.15, 0.2) is 5.78 Å². The van der Waals surface area contributed by atoms with Crippen molar-refractivity contribution in [2.75, 3.05) is 11.9 Å². The van der Waals surface area contributed by atoms with E-state index in [0.29, 0.717) is 23.4 Å². The molecule has 0 saturated heterocycles. The molecule has 0 radical (unpaired) electrons. The van der Waals surface area contributed by atoms with Crippen LogP contribution < -0.4 is 15.8 Å². The topological polar surface area (TPSA) is 98.5 Å². The Kier molecular flexibility index (Phi) is 10.8. The number of nitrogens with two attached hydrogens (primary N) is 1. The summed E-state index contributed by atoms with van der Waals surface area (Å²) in [4.78, 5) is 39.4. The van der Waals surface area contributed by atoms with Gasteiger partial charge in [0.25, 0.3) is 11.6 Å². The number of para-hydroxylation sites is 1. The molecule has 0 fully saturated rings. The SMILES string of the molecule is CCC(C)(C)c1cc(C(C)(C)CC)c(C(F)(C(=O)Nc2ccccc2)C(=O)C(C)(C)C)cc1OCCC(Cl)C(N)=O. The predicted octanol–water partition coefficient (Wildman–Crippen LogP) is 7.34. The van der Waals surface area contributed by atoms with Crippen molar-refractivity contribution in [3.05, 3.63) is 59.2 Å². The first-order valence-electron chi connectivity index (χ1n) is 14.2. The number of alkyl halides is 2. The van der Waals surface area contributed by atoms with Crippen molar-refractivity contribution >= 4 is 34.9 Å². The van der Waals surface area contributed by atoms with Crippen molar-refractivity contribution in [2.24, 2.45) is 11.1 Å². The van der Waals surface area contributed by atoms with Crippen LogP contribution in [-0.2, 0) is 30.9 Å². The highest BCUT2D eigenvalue weighted by Gasteiger charge is 2.54. The first-order valence-corrected chi connectivity index (χ1v) is 14.6. The summed E-state index contributed by atoms with van der Waals surface area (Å²) in [6.07, 6.45) is 1.50. The van der Waals surface area contributed by atoms with Crippen molar-refractivity contribution in [3.8, 4) is 5.75 Å². The molecule has 0 aromatic heterocycles. The molecule has 0 heterocycles. The Morgan fingerprint density at radius 1 is 0.902 bits per heavy atom. The third-order valence-electron chi connectivity index (χ3n) is 7.99. The molecule has 2 rings (SSSR count). The summed E-state index contributed by atoms with van der Waals surface area (Å²) in [5.41, 5.74) is 1.78. The molecule has 8 heteroatoms. The average molecular weight is 589 g/mol. The van der Waals surface area contributed by atoms with Crippen LogP contribution in [0.5, 0.6) is 5.75 Å². The highest BCUT2D eigenvalue weighted by molar-refractivity contribution is 6.30. The smallest absolute Gasteiger partial charge is 0.274 e. The van der Waals surface area contributed by atoms with E-state index in [1.165, 1.54) is 6.07 Å². The third kappa shape index (κ3) is 7.68. The number of nitrogens with one attached hydrogen (secondary N) is 1. The lowest BCUT2D eigenvalue weighted by Crippen LogP contribution is -2.49. The van der Waals surface area contributed by atoms with E-state index in [4.69, 9.17) is 22.1 Å². The van der Waals surface area contributed by atoms with Gasteiger partial charge in [-0.25, -0.2) is 4.39 Å². The fourth-order valence-electron chi connectivity index (χ4n) is 4.47. The minimum Gasteiger partial charge on any atom is -0.493 e. The molecule has 0 saturated carbocycles. The van der Waals surface area contributed by atoms with Crippen LogP contribution >= 0.6 is 11.6 Å². The minimum atomic E-state index is -3.04. The van der Waals surface area contributed by atoms with Crippen molar-refractivity contribution in [2.45, 2.75) is 103 Å². The summed E-state index contributed by atoms with van der Waals surface area (Å²) >= 11 is 6.04. The van der Waals surface area contributed by atoms with Crippen LogP contribution in [-0.4, -0.2) is 29.6 Å². The largest absolute Gasteiger partial charge is 0.493 e. The van der Waals surface area contributed by atoms with Crippen LogP contribution in [0.25, 0.3) is 0 Å². The Balaban J connectivity index is 2.93. The van der Waals surface area contributed by atoms with Gasteiger partial charge < -0.3 is 15.8 Å². The highest BCUT2D eigenvalue weighted by Crippen LogP contribution is 2.47. The molecule has 0 aliphatic carbocycles. The number of carbonyl (C=O) groups excluding carboxylic acids is 3. The van der Waals surface area contributed by atoms with Crippen LogP contribution in [0.15, 0.2) is 42.5 Å². The molecule has 2 aromatic rings. The van der Waals surface area contributed by atoms with E-state index >= 15 is 4.39 Å². The molecule has 2 amide bonds. The molecule has 0 aliphatic rings. The van der Waals surface area contributed by atoms with Gasteiger partial charge in [-0.15, -0.1) is 11.6 Å². The number of rotatable bonds is 13. The number of anilines is 1. The number of carbonyl (C=O) groups is 3. The fraction of sp³-hybridized carbons (Fsp3) is 0.545. The zero-order valence-electron chi connectivity index (χ0n) is 25.9. The van der Waals surface area contributed by atoms with Crippen LogP contribution in [0.1, 0.15) is 98.3 Å². The zero-order chi connectivity index (χ0) is 31.4. The van der Waals surface area contributed by atoms with E-state index in [0.717, 1.165) is 12.0 Å². The van der Waals surface area contributed by atoms with Crippen molar-refractivity contribution in [3.63, 3.8) is 0 Å². The number of hydrogen-bond donors (Lipinski definition) is 2. The van der Waals surface area contributed by atoms with E-state index in [9.17, 15) is 14.4 Å². The van der Waals surface area contributed by atoms with E-state index in [2.05, 4.69) is 19.2 Å². The first-order chi connectivity index (χ1) is 18.8. The van der Waals surface area contributed by atoms with E-state index in [1.54, 1.807) is 51.1 Å². The van der Waals surface area contributed by atoms with Gasteiger partial charge in [-0.3, -0.25) is 14.4 Å². The second kappa shape index (κ2) is 12.9. The Morgan fingerprint density at radius 3 is 1.93 bits per heavy atom. The van der Waals surface area contributed by atoms with E-state index in [1.807, 2.05) is 33.8 Å². The monoisotopic (exact) mass is 588 g/mol. The van der Waals surface area contributed by atoms with Crippen LogP contribution in [0.2, 0.25) is 0 Å². The highest BCUT2D eigenvalue weighted by atomic mass is 35.5. The summed E-state index contributed by atoms with van der Waals surface area (Å²) in [5, 5.41) is 1.70. The van der Waals surface area contributed by atoms with Gasteiger partial charge >= 0.3 is 0 Å². The van der Waals surface area contributed by atoms with Gasteiger partial charge in [0.05, 0.1) is 6.61 Å². The summed E-state index contributed by atoms with van der Waals surface area (Å²) in [5.74, 6) is -2.28. The predicted molar refractivity (Wildman–Crippen MR) is 164 cm³/mol. The van der Waals surface area contributed by atoms with Crippen LogP contribution in [0.3, 0.4) is 0 Å². The maximum atomic E-state index is 17.8. The standard InChI is InChI=1S/C33H46ClFN2O4/c1-10-31(6,7)22-19-24(32(8,9)11-2)26(41-18-17-25(34)27(36)38)20-23(22)33(35,28(39)30(3,4)5)29(40)37-21-15-13-12-14-16-21/h12-16,19-20,25H,10-11,17-18H2,1-9H3,(H2,36,38)(H,37,40). The molecule has 41 heavy (non-hydrogen) atoms. The second-order valence-corrected chi connectivity index (χ2v) is 13.5. The lowest BCUT2D eigenvalue weighted by Gasteiger charge is -2.37. The molecule has 6 nitrogen and oxygen atoms in total. The summed E-state index contributed by atoms with van der Waals surface area (Å²) in [6, 6.07) is 11.9. The molecule has 0 bridgehead atoms. The molecule has 0 spiro atoms. The number of halogens is 2. The quantitative estimate of drug-likeness (QED) is 0.189. The molecular formula is C33H46ClFN2O4. The molecule has 2 atom stereocenters. The van der Waals surface area contributed by atoms with Crippen LogP contribution in [0, 0.1) is 5.41 Å². The fourth-order valence-corrected chi connectivity index (χ4v) is 4.56. The van der Waals surface area contributed by atoms with Crippen LogP contribution in [0.4, 0.5) is 10.1 Å². The first kappa shape index (κ1) is 34.3. The van der Waals surface area contributed by atoms with Crippen molar-refractivity contribution in [1.29, 1.82) is 0 Å². The number of ketones is 1. The summed E-state index contributed by atoms with van der Waals surface area (Å²) in [7, 11) is 0. The van der Waals surface area contributed by atoms with Gasteiger partial charge in [-0.1, -0.05) is 86.6 Å². The molecule has 2 unspecified atom stereocenters. The number of hydrogen-bond acceptors (Lipinski definition) is 4.